The molecule has 39 heavy (non-hydrogen) atoms. The van der Waals surface area contributed by atoms with Crippen LogP contribution in [-0.2, 0) is 11.2 Å². The third-order valence-electron chi connectivity index (χ3n) is 7.29. The van der Waals surface area contributed by atoms with Gasteiger partial charge in [-0.15, -0.1) is 0 Å². The lowest BCUT2D eigenvalue weighted by Gasteiger charge is -2.26. The maximum absolute atomic E-state index is 13.6. The number of carbonyl (C=O) groups excluding carboxylic acids is 1. The molecule has 0 aliphatic rings. The highest BCUT2D eigenvalue weighted by atomic mass is 16.4. The van der Waals surface area contributed by atoms with Crippen LogP contribution in [0.25, 0.3) is 0 Å². The number of carboxylic acids is 1. The minimum atomic E-state index is -0.785. The van der Waals surface area contributed by atoms with Crippen LogP contribution < -0.4 is 0 Å². The second-order valence-electron chi connectivity index (χ2n) is 10.2. The van der Waals surface area contributed by atoms with E-state index in [1.165, 1.54) is 16.7 Å². The van der Waals surface area contributed by atoms with Crippen LogP contribution in [0, 0.1) is 0 Å². The summed E-state index contributed by atoms with van der Waals surface area (Å²) in [6, 6.07) is 38.7. The lowest BCUT2D eigenvalue weighted by molar-refractivity contribution is -0.137. The van der Waals surface area contributed by atoms with Crippen molar-refractivity contribution in [2.45, 2.75) is 44.4 Å². The topological polar surface area (TPSA) is 57.6 Å². The molecule has 4 aromatic carbocycles. The van der Waals surface area contributed by atoms with Crippen molar-refractivity contribution in [2.24, 2.45) is 0 Å². The predicted molar refractivity (Wildman–Crippen MR) is 157 cm³/mol. The third-order valence-corrected chi connectivity index (χ3v) is 7.29. The maximum Gasteiger partial charge on any atom is 0.303 e. The molecule has 1 atom stereocenters. The molecule has 0 saturated carbocycles. The van der Waals surface area contributed by atoms with Gasteiger partial charge in [-0.3, -0.25) is 9.59 Å². The molecule has 0 bridgehead atoms. The Morgan fingerprint density at radius 2 is 1.28 bits per heavy atom. The van der Waals surface area contributed by atoms with E-state index in [0.717, 1.165) is 24.8 Å². The summed E-state index contributed by atoms with van der Waals surface area (Å²) in [5.41, 5.74) is 5.42. The molecule has 1 unspecified atom stereocenters. The van der Waals surface area contributed by atoms with Gasteiger partial charge in [-0.2, -0.15) is 0 Å². The summed E-state index contributed by atoms with van der Waals surface area (Å²) in [5.74, 6) is -0.566. The molecule has 200 valence electrons. The van der Waals surface area contributed by atoms with E-state index in [1.54, 1.807) is 0 Å². The summed E-state index contributed by atoms with van der Waals surface area (Å²) >= 11 is 0. The van der Waals surface area contributed by atoms with Crippen molar-refractivity contribution in [1.82, 2.24) is 4.90 Å². The second kappa shape index (κ2) is 14.1. The molecule has 4 heteroatoms. The fourth-order valence-corrected chi connectivity index (χ4v) is 5.17. The summed E-state index contributed by atoms with van der Waals surface area (Å²) in [7, 11) is 0. The Labute approximate surface area is 231 Å². The zero-order valence-corrected chi connectivity index (χ0v) is 22.6. The lowest BCUT2D eigenvalue weighted by Crippen LogP contribution is -2.34. The molecule has 0 saturated heterocycles. The molecule has 0 aliphatic carbocycles. The molecular weight excluding hydrogens is 482 g/mol. The number of rotatable bonds is 13. The Morgan fingerprint density at radius 1 is 0.718 bits per heavy atom. The molecule has 1 N–H and O–H groups in total. The van der Waals surface area contributed by atoms with E-state index >= 15 is 0 Å². The normalized spacial score (nSPS) is 11.7. The van der Waals surface area contributed by atoms with Gasteiger partial charge in [-0.25, -0.2) is 0 Å². The highest BCUT2D eigenvalue weighted by molar-refractivity contribution is 5.94. The Bertz CT molecular complexity index is 1280. The number of carboxylic acid groups (broad SMARTS) is 1. The fourth-order valence-electron chi connectivity index (χ4n) is 5.17. The third kappa shape index (κ3) is 8.15. The molecule has 1 amide bonds. The monoisotopic (exact) mass is 519 g/mol. The quantitative estimate of drug-likeness (QED) is 0.198. The van der Waals surface area contributed by atoms with Gasteiger partial charge in [-0.05, 0) is 59.6 Å². The zero-order valence-electron chi connectivity index (χ0n) is 22.6. The minimum absolute atomic E-state index is 0.0356. The Kier molecular flexibility index (Phi) is 10.1. The van der Waals surface area contributed by atoms with E-state index in [0.29, 0.717) is 18.7 Å². The molecule has 0 spiro atoms. The molecule has 4 aromatic rings. The summed E-state index contributed by atoms with van der Waals surface area (Å²) < 4.78 is 0. The summed E-state index contributed by atoms with van der Waals surface area (Å²) in [6.07, 6.45) is 2.60. The first-order chi connectivity index (χ1) is 19.0. The predicted octanol–water partition coefficient (Wildman–Crippen LogP) is 7.56. The van der Waals surface area contributed by atoms with Crippen molar-refractivity contribution in [3.63, 3.8) is 0 Å². The number of aliphatic carboxylic acids is 1. The average molecular weight is 520 g/mol. The Balaban J connectivity index is 1.48. The van der Waals surface area contributed by atoms with Crippen molar-refractivity contribution in [2.75, 3.05) is 13.1 Å². The number of nitrogens with zero attached hydrogens (tertiary/aromatic N) is 1. The van der Waals surface area contributed by atoms with E-state index in [1.807, 2.05) is 66.4 Å². The number of hydrogen-bond acceptors (Lipinski definition) is 2. The van der Waals surface area contributed by atoms with Crippen LogP contribution >= 0.6 is 0 Å². The number of carbonyl (C=O) groups is 2. The summed E-state index contributed by atoms with van der Waals surface area (Å²) in [4.78, 5) is 26.7. The molecule has 0 fully saturated rings. The summed E-state index contributed by atoms with van der Waals surface area (Å²) in [6.45, 7) is 3.25. The SMILES string of the molecule is CC(CC(=O)O)c1cccc(CCCN(CCC(c2ccccc2)c2ccccc2)C(=O)c2ccccc2)c1. The van der Waals surface area contributed by atoms with Gasteiger partial charge in [0.2, 0.25) is 0 Å². The zero-order chi connectivity index (χ0) is 27.5. The number of hydrogen-bond donors (Lipinski definition) is 1. The Hall–Kier alpha value is -4.18. The van der Waals surface area contributed by atoms with E-state index in [2.05, 4.69) is 60.7 Å². The minimum Gasteiger partial charge on any atom is -0.481 e. The summed E-state index contributed by atoms with van der Waals surface area (Å²) in [5, 5.41) is 9.16. The van der Waals surface area contributed by atoms with E-state index in [9.17, 15) is 9.59 Å². The lowest BCUT2D eigenvalue weighted by atomic mass is 9.88. The molecule has 0 aliphatic heterocycles. The van der Waals surface area contributed by atoms with Gasteiger partial charge in [0, 0.05) is 24.6 Å². The molecule has 0 aromatic heterocycles. The first-order valence-corrected chi connectivity index (χ1v) is 13.8. The van der Waals surface area contributed by atoms with Crippen molar-refractivity contribution in [1.29, 1.82) is 0 Å². The van der Waals surface area contributed by atoms with Gasteiger partial charge in [0.05, 0.1) is 6.42 Å². The smallest absolute Gasteiger partial charge is 0.303 e. The van der Waals surface area contributed by atoms with Crippen LogP contribution in [0.15, 0.2) is 115 Å². The van der Waals surface area contributed by atoms with Gasteiger partial charge in [0.25, 0.3) is 5.91 Å². The largest absolute Gasteiger partial charge is 0.481 e. The second-order valence-corrected chi connectivity index (χ2v) is 10.2. The standard InChI is InChI=1S/C35H37NO3/c1-27(25-34(37)38)32-21-11-13-28(26-32)14-12-23-36(35(39)31-19-9-4-10-20-31)24-22-33(29-15-5-2-6-16-29)30-17-7-3-8-18-30/h2-11,13,15-21,26-27,33H,12,14,22-25H2,1H3,(H,37,38). The first-order valence-electron chi connectivity index (χ1n) is 13.8. The van der Waals surface area contributed by atoms with Crippen molar-refractivity contribution < 1.29 is 14.7 Å². The van der Waals surface area contributed by atoms with Crippen LogP contribution in [0.5, 0.6) is 0 Å². The molecule has 0 radical (unpaired) electrons. The Morgan fingerprint density at radius 3 is 1.87 bits per heavy atom. The number of amides is 1. The van der Waals surface area contributed by atoms with Gasteiger partial charge in [-0.1, -0.05) is 110 Å². The number of aryl methyl sites for hydroxylation is 1. The van der Waals surface area contributed by atoms with Gasteiger partial charge < -0.3 is 10.0 Å². The van der Waals surface area contributed by atoms with Crippen molar-refractivity contribution in [3.05, 3.63) is 143 Å². The average Bonchev–Trinajstić information content (AvgIpc) is 2.97. The van der Waals surface area contributed by atoms with E-state index in [-0.39, 0.29) is 24.2 Å². The van der Waals surface area contributed by atoms with Crippen molar-refractivity contribution in [3.8, 4) is 0 Å². The number of benzene rings is 4. The van der Waals surface area contributed by atoms with E-state index in [4.69, 9.17) is 5.11 Å². The van der Waals surface area contributed by atoms with Crippen LogP contribution in [0.4, 0.5) is 0 Å². The molecular formula is C35H37NO3. The van der Waals surface area contributed by atoms with Gasteiger partial charge >= 0.3 is 5.97 Å². The van der Waals surface area contributed by atoms with Crippen LogP contribution in [0.1, 0.15) is 70.6 Å². The van der Waals surface area contributed by atoms with Gasteiger partial charge in [0.15, 0.2) is 0 Å². The van der Waals surface area contributed by atoms with Crippen LogP contribution in [0.2, 0.25) is 0 Å². The van der Waals surface area contributed by atoms with Crippen LogP contribution in [0.3, 0.4) is 0 Å². The molecule has 4 rings (SSSR count). The fraction of sp³-hybridized carbons (Fsp3) is 0.257. The van der Waals surface area contributed by atoms with Crippen LogP contribution in [-0.4, -0.2) is 35.0 Å². The molecule has 0 heterocycles. The maximum atomic E-state index is 13.6. The first kappa shape index (κ1) is 27.8. The highest BCUT2D eigenvalue weighted by Gasteiger charge is 2.20. The highest BCUT2D eigenvalue weighted by Crippen LogP contribution is 2.28. The van der Waals surface area contributed by atoms with Gasteiger partial charge in [0.1, 0.15) is 0 Å². The van der Waals surface area contributed by atoms with Crippen molar-refractivity contribution >= 4 is 11.9 Å². The molecule has 4 nitrogen and oxygen atoms in total. The van der Waals surface area contributed by atoms with E-state index < -0.39 is 5.97 Å².